The van der Waals surface area contributed by atoms with E-state index in [2.05, 4.69) is 23.9 Å². The van der Waals surface area contributed by atoms with Gasteiger partial charge in [-0.2, -0.15) is 5.10 Å². The number of nitrogens with zero attached hydrogens (tertiary/aromatic N) is 4. The highest BCUT2D eigenvalue weighted by atomic mass is 35.5. The van der Waals surface area contributed by atoms with Crippen molar-refractivity contribution < 1.29 is 4.79 Å². The second-order valence-corrected chi connectivity index (χ2v) is 8.70. The fraction of sp³-hybridized carbons (Fsp3) is 0.217. The van der Waals surface area contributed by atoms with E-state index >= 15 is 0 Å². The number of carbonyl (C=O) groups is 1. The summed E-state index contributed by atoms with van der Waals surface area (Å²) in [5.74, 6) is 0.105. The highest BCUT2D eigenvalue weighted by Crippen LogP contribution is 2.39. The molecule has 6 heteroatoms. The third kappa shape index (κ3) is 3.02. The van der Waals surface area contributed by atoms with E-state index in [1.165, 1.54) is 0 Å². The summed E-state index contributed by atoms with van der Waals surface area (Å²) in [6.07, 6.45) is 6.52. The number of carbonyl (C=O) groups excluding carboxylic acids is 1. The van der Waals surface area contributed by atoms with Crippen LogP contribution in [-0.2, 0) is 6.42 Å². The molecule has 4 aromatic rings. The van der Waals surface area contributed by atoms with Gasteiger partial charge in [0.25, 0.3) is 0 Å². The Kier molecular flexibility index (Phi) is 4.03. The Bertz CT molecular complexity index is 1240. The van der Waals surface area contributed by atoms with Gasteiger partial charge in [0, 0.05) is 35.0 Å². The van der Waals surface area contributed by atoms with Gasteiger partial charge in [-0.1, -0.05) is 37.6 Å². The van der Waals surface area contributed by atoms with Gasteiger partial charge in [-0.15, -0.1) is 0 Å². The maximum Gasteiger partial charge on any atom is 0.167 e. The molecule has 1 aliphatic carbocycles. The number of ketones is 1. The zero-order valence-electron chi connectivity index (χ0n) is 16.2. The van der Waals surface area contributed by atoms with Gasteiger partial charge in [0.15, 0.2) is 11.4 Å². The van der Waals surface area contributed by atoms with E-state index in [0.29, 0.717) is 17.0 Å². The van der Waals surface area contributed by atoms with E-state index in [-0.39, 0.29) is 11.2 Å². The monoisotopic (exact) mass is 402 g/mol. The van der Waals surface area contributed by atoms with Crippen LogP contribution < -0.4 is 0 Å². The van der Waals surface area contributed by atoms with Gasteiger partial charge in [-0.05, 0) is 41.7 Å². The maximum atomic E-state index is 13.1. The molecule has 0 unspecified atom stereocenters. The van der Waals surface area contributed by atoms with E-state index in [0.717, 1.165) is 40.1 Å². The number of hydrogen-bond acceptors (Lipinski definition) is 4. The summed E-state index contributed by atoms with van der Waals surface area (Å²) in [5.41, 5.74) is 5.61. The molecular formula is C23H19ClN4O. The van der Waals surface area contributed by atoms with Crippen molar-refractivity contribution in [1.29, 1.82) is 0 Å². The van der Waals surface area contributed by atoms with Crippen LogP contribution in [0, 0.1) is 5.41 Å². The highest BCUT2D eigenvalue weighted by Gasteiger charge is 2.35. The normalized spacial score (nSPS) is 15.5. The third-order valence-electron chi connectivity index (χ3n) is 5.38. The average molecular weight is 403 g/mol. The molecule has 0 saturated heterocycles. The van der Waals surface area contributed by atoms with Crippen molar-refractivity contribution in [2.75, 3.05) is 0 Å². The summed E-state index contributed by atoms with van der Waals surface area (Å²) in [4.78, 5) is 22.3. The predicted molar refractivity (Wildman–Crippen MR) is 113 cm³/mol. The van der Waals surface area contributed by atoms with Crippen LogP contribution in [0.2, 0.25) is 5.02 Å². The van der Waals surface area contributed by atoms with Gasteiger partial charge >= 0.3 is 0 Å². The molecule has 3 aromatic heterocycles. The van der Waals surface area contributed by atoms with Crippen LogP contribution in [0.25, 0.3) is 28.0 Å². The van der Waals surface area contributed by atoms with Crippen LogP contribution in [-0.4, -0.2) is 25.4 Å². The maximum absolute atomic E-state index is 13.1. The molecule has 29 heavy (non-hydrogen) atoms. The predicted octanol–water partition coefficient (Wildman–Crippen LogP) is 5.27. The standard InChI is InChI=1S/C23H19ClN4O/c1-23(2)10-18-20(19(29)11-23)21(15-4-3-9-25-12-15)28-22(27-18)17(13-26-28)14-5-7-16(24)8-6-14/h3-9,12-13H,10-11H2,1-2H3. The fourth-order valence-electron chi connectivity index (χ4n) is 4.10. The largest absolute Gasteiger partial charge is 0.294 e. The molecule has 0 fully saturated rings. The molecule has 5 nitrogen and oxygen atoms in total. The average Bonchev–Trinajstić information content (AvgIpc) is 3.10. The molecule has 0 spiro atoms. The Hall–Kier alpha value is -3.05. The fourth-order valence-corrected chi connectivity index (χ4v) is 4.23. The molecule has 5 rings (SSSR count). The smallest absolute Gasteiger partial charge is 0.167 e. The number of pyridine rings is 1. The Balaban J connectivity index is 1.85. The number of Topliss-reactive ketones (excluding diaryl/α,β-unsaturated/α-hetero) is 1. The van der Waals surface area contributed by atoms with Gasteiger partial charge < -0.3 is 0 Å². The third-order valence-corrected chi connectivity index (χ3v) is 5.63. The summed E-state index contributed by atoms with van der Waals surface area (Å²) in [6.45, 7) is 4.22. The van der Waals surface area contributed by atoms with Gasteiger partial charge in [-0.25, -0.2) is 9.50 Å². The Morgan fingerprint density at radius 1 is 1.03 bits per heavy atom. The van der Waals surface area contributed by atoms with Crippen molar-refractivity contribution in [2.45, 2.75) is 26.7 Å². The first-order valence-corrected chi connectivity index (χ1v) is 9.91. The molecule has 1 aromatic carbocycles. The van der Waals surface area contributed by atoms with Crippen LogP contribution in [0.1, 0.15) is 36.3 Å². The quantitative estimate of drug-likeness (QED) is 0.458. The van der Waals surface area contributed by atoms with Gasteiger partial charge in [-0.3, -0.25) is 9.78 Å². The second kappa shape index (κ2) is 6.49. The van der Waals surface area contributed by atoms with Crippen molar-refractivity contribution in [3.63, 3.8) is 0 Å². The molecular weight excluding hydrogens is 384 g/mol. The highest BCUT2D eigenvalue weighted by molar-refractivity contribution is 6.30. The first-order valence-electron chi connectivity index (χ1n) is 9.53. The second-order valence-electron chi connectivity index (χ2n) is 8.27. The zero-order chi connectivity index (χ0) is 20.2. The molecule has 0 atom stereocenters. The number of aromatic nitrogens is 4. The minimum Gasteiger partial charge on any atom is -0.294 e. The van der Waals surface area contributed by atoms with Gasteiger partial charge in [0.1, 0.15) is 0 Å². The lowest BCUT2D eigenvalue weighted by atomic mass is 9.75. The van der Waals surface area contributed by atoms with E-state index in [1.807, 2.05) is 36.4 Å². The number of benzene rings is 1. The number of rotatable bonds is 2. The van der Waals surface area contributed by atoms with E-state index < -0.39 is 0 Å². The van der Waals surface area contributed by atoms with Crippen molar-refractivity contribution in [1.82, 2.24) is 19.6 Å². The van der Waals surface area contributed by atoms with Crippen molar-refractivity contribution in [3.05, 3.63) is 71.3 Å². The number of halogens is 1. The first kappa shape index (κ1) is 18.0. The molecule has 1 aliphatic rings. The zero-order valence-corrected chi connectivity index (χ0v) is 16.9. The molecule has 144 valence electrons. The molecule has 0 amide bonds. The molecule has 0 N–H and O–H groups in total. The van der Waals surface area contributed by atoms with Crippen molar-refractivity contribution in [3.8, 4) is 22.4 Å². The van der Waals surface area contributed by atoms with Crippen LogP contribution in [0.5, 0.6) is 0 Å². The topological polar surface area (TPSA) is 60.2 Å². The first-order chi connectivity index (χ1) is 13.9. The van der Waals surface area contributed by atoms with Gasteiger partial charge in [0.2, 0.25) is 0 Å². The molecule has 0 bridgehead atoms. The lowest BCUT2D eigenvalue weighted by Crippen LogP contribution is -2.29. The van der Waals surface area contributed by atoms with Crippen LogP contribution in [0.3, 0.4) is 0 Å². The van der Waals surface area contributed by atoms with E-state index in [1.54, 1.807) is 23.1 Å². The number of hydrogen-bond donors (Lipinski definition) is 0. The van der Waals surface area contributed by atoms with Crippen LogP contribution in [0.15, 0.2) is 55.0 Å². The molecule has 0 saturated carbocycles. The SMILES string of the molecule is CC1(C)CC(=O)c2c(nc3c(-c4ccc(Cl)cc4)cnn3c2-c2cccnc2)C1. The molecule has 0 radical (unpaired) electrons. The summed E-state index contributed by atoms with van der Waals surface area (Å²) in [5, 5.41) is 5.29. The molecule has 3 heterocycles. The van der Waals surface area contributed by atoms with Crippen LogP contribution >= 0.6 is 11.6 Å². The van der Waals surface area contributed by atoms with Crippen LogP contribution in [0.4, 0.5) is 0 Å². The Morgan fingerprint density at radius 3 is 2.55 bits per heavy atom. The Labute approximate surface area is 173 Å². The van der Waals surface area contributed by atoms with E-state index in [4.69, 9.17) is 16.6 Å². The van der Waals surface area contributed by atoms with Crippen molar-refractivity contribution >= 4 is 23.0 Å². The number of fused-ring (bicyclic) bond motifs is 2. The van der Waals surface area contributed by atoms with Gasteiger partial charge in [0.05, 0.1) is 23.1 Å². The summed E-state index contributed by atoms with van der Waals surface area (Å²) < 4.78 is 1.77. The van der Waals surface area contributed by atoms with Crippen molar-refractivity contribution in [2.24, 2.45) is 5.41 Å². The lowest BCUT2D eigenvalue weighted by molar-refractivity contribution is 0.0910. The van der Waals surface area contributed by atoms with E-state index in [9.17, 15) is 4.79 Å². The lowest BCUT2D eigenvalue weighted by Gasteiger charge is -2.30. The molecule has 0 aliphatic heterocycles. The summed E-state index contributed by atoms with van der Waals surface area (Å²) in [6, 6.07) is 11.5. The minimum atomic E-state index is -0.123. The summed E-state index contributed by atoms with van der Waals surface area (Å²) >= 11 is 6.06. The Morgan fingerprint density at radius 2 is 1.83 bits per heavy atom. The summed E-state index contributed by atoms with van der Waals surface area (Å²) in [7, 11) is 0. The minimum absolute atomic E-state index is 0.105.